The molecule has 1 atom stereocenters. The third kappa shape index (κ3) is 4.55. The van der Waals surface area contributed by atoms with Crippen molar-refractivity contribution in [2.75, 3.05) is 40.3 Å². The van der Waals surface area contributed by atoms with Gasteiger partial charge in [0.15, 0.2) is 0 Å². The van der Waals surface area contributed by atoms with Crippen LogP contribution in [0.25, 0.3) is 27.9 Å². The van der Waals surface area contributed by atoms with Crippen molar-refractivity contribution in [3.8, 4) is 11.3 Å². The van der Waals surface area contributed by atoms with Crippen LogP contribution in [0, 0.1) is 5.92 Å². The number of nitrogens with two attached hydrogens (primary N) is 1. The van der Waals surface area contributed by atoms with Gasteiger partial charge in [0, 0.05) is 86.6 Å². The molecule has 0 spiro atoms. The molecule has 2 fully saturated rings. The van der Waals surface area contributed by atoms with Crippen molar-refractivity contribution in [1.29, 1.82) is 0 Å². The Hall–Kier alpha value is -3.82. The highest BCUT2D eigenvalue weighted by molar-refractivity contribution is 6.05. The van der Waals surface area contributed by atoms with Gasteiger partial charge in [-0.3, -0.25) is 4.90 Å². The highest BCUT2D eigenvalue weighted by Gasteiger charge is 2.48. The third-order valence-electron chi connectivity index (χ3n) is 9.45. The lowest BCUT2D eigenvalue weighted by molar-refractivity contribution is -0.00634. The summed E-state index contributed by atoms with van der Waals surface area (Å²) < 4.78 is 29.8. The standard InChI is InChI=1S/C33H37F2N7/c1-33(34,35)26-20-27(21-7-5-4-6-8-21)38-28-19-22(9-10-25(26)28)29-30-31(36)37-11-12-42(30)32(40(29)3)23-17-24(18-23)41-15-13-39(2)14-16-41/h4-12,19-20,23-24,32H,13-18H2,1-3H3,(H2,36,37). The van der Waals surface area contributed by atoms with Gasteiger partial charge >= 0.3 is 0 Å². The molecule has 7 nitrogen and oxygen atoms in total. The first kappa shape index (κ1) is 27.0. The van der Waals surface area contributed by atoms with E-state index in [0.717, 1.165) is 68.5 Å². The first-order chi connectivity index (χ1) is 20.2. The fourth-order valence-electron chi connectivity index (χ4n) is 7.14. The van der Waals surface area contributed by atoms with E-state index in [0.29, 0.717) is 34.4 Å². The van der Waals surface area contributed by atoms with Gasteiger partial charge in [0.2, 0.25) is 0 Å². The normalized spacial score (nSPS) is 25.2. The summed E-state index contributed by atoms with van der Waals surface area (Å²) in [4.78, 5) is 18.9. The molecule has 3 aromatic rings. The molecule has 7 rings (SSSR count). The molecule has 218 valence electrons. The number of likely N-dealkylation sites (N-methyl/N-ethyl adjacent to an activating group) is 1. The highest BCUT2D eigenvalue weighted by Crippen LogP contribution is 2.46. The number of halogens is 2. The Kier molecular flexibility index (Phi) is 6.55. The summed E-state index contributed by atoms with van der Waals surface area (Å²) in [5.74, 6) is -2.09. The Balaban J connectivity index is 1.25. The number of aliphatic imine (C=N–C) groups is 1. The molecule has 2 aromatic carbocycles. The van der Waals surface area contributed by atoms with Crippen molar-refractivity contribution in [1.82, 2.24) is 24.6 Å². The third-order valence-corrected chi connectivity index (χ3v) is 9.45. The lowest BCUT2D eigenvalue weighted by atomic mass is 9.76. The Morgan fingerprint density at radius 1 is 0.905 bits per heavy atom. The first-order valence-electron chi connectivity index (χ1n) is 14.8. The number of rotatable bonds is 5. The summed E-state index contributed by atoms with van der Waals surface area (Å²) in [7, 11) is 4.30. The van der Waals surface area contributed by atoms with Crippen LogP contribution in [-0.2, 0) is 5.92 Å². The van der Waals surface area contributed by atoms with E-state index in [4.69, 9.17) is 10.7 Å². The monoisotopic (exact) mass is 569 g/mol. The van der Waals surface area contributed by atoms with Crippen LogP contribution >= 0.6 is 0 Å². The maximum Gasteiger partial charge on any atom is 0.271 e. The quantitative estimate of drug-likeness (QED) is 0.460. The van der Waals surface area contributed by atoms with Crippen LogP contribution in [0.5, 0.6) is 0 Å². The van der Waals surface area contributed by atoms with Crippen molar-refractivity contribution < 1.29 is 8.78 Å². The van der Waals surface area contributed by atoms with Crippen LogP contribution in [-0.4, -0.2) is 82.9 Å². The van der Waals surface area contributed by atoms with Crippen LogP contribution in [0.1, 0.15) is 30.9 Å². The van der Waals surface area contributed by atoms with E-state index in [9.17, 15) is 8.78 Å². The van der Waals surface area contributed by atoms with Crippen LogP contribution < -0.4 is 5.73 Å². The molecule has 2 N–H and O–H groups in total. The zero-order valence-electron chi connectivity index (χ0n) is 24.3. The molecule has 1 unspecified atom stereocenters. The van der Waals surface area contributed by atoms with Crippen LogP contribution in [0.3, 0.4) is 0 Å². The zero-order valence-corrected chi connectivity index (χ0v) is 24.3. The predicted octanol–water partition coefficient (Wildman–Crippen LogP) is 5.12. The molecule has 1 saturated heterocycles. The number of amidine groups is 1. The predicted molar refractivity (Wildman–Crippen MR) is 163 cm³/mol. The number of aromatic nitrogens is 1. The molecule has 1 aliphatic carbocycles. The summed E-state index contributed by atoms with van der Waals surface area (Å²) in [5, 5.41) is 0.449. The molecule has 4 heterocycles. The van der Waals surface area contributed by atoms with Crippen LogP contribution in [0.4, 0.5) is 8.78 Å². The Morgan fingerprint density at radius 2 is 1.64 bits per heavy atom. The van der Waals surface area contributed by atoms with E-state index >= 15 is 0 Å². The molecule has 1 aromatic heterocycles. The molecule has 42 heavy (non-hydrogen) atoms. The summed E-state index contributed by atoms with van der Waals surface area (Å²) in [5.41, 5.74) is 11.1. The number of alkyl halides is 2. The average molecular weight is 570 g/mol. The Bertz CT molecular complexity index is 1600. The number of benzene rings is 2. The highest BCUT2D eigenvalue weighted by atomic mass is 19.3. The lowest BCUT2D eigenvalue weighted by Crippen LogP contribution is -2.57. The topological polar surface area (TPSA) is 64.2 Å². The van der Waals surface area contributed by atoms with Crippen molar-refractivity contribution in [2.24, 2.45) is 16.6 Å². The minimum atomic E-state index is -3.02. The Labute approximate surface area is 245 Å². The van der Waals surface area contributed by atoms with Crippen LogP contribution in [0.15, 0.2) is 77.7 Å². The fraction of sp³-hybridized carbons (Fsp3) is 0.394. The van der Waals surface area contributed by atoms with Crippen molar-refractivity contribution in [2.45, 2.75) is 37.9 Å². The second kappa shape index (κ2) is 10.2. The summed E-state index contributed by atoms with van der Waals surface area (Å²) in [6, 6.07) is 17.2. The molecule has 0 bridgehead atoms. The average Bonchev–Trinajstić information content (AvgIpc) is 3.25. The summed E-state index contributed by atoms with van der Waals surface area (Å²) in [6.07, 6.45) is 6.16. The van der Waals surface area contributed by atoms with Gasteiger partial charge in [-0.1, -0.05) is 42.5 Å². The van der Waals surface area contributed by atoms with Gasteiger partial charge in [0.05, 0.1) is 16.9 Å². The van der Waals surface area contributed by atoms with E-state index in [1.165, 1.54) is 6.07 Å². The van der Waals surface area contributed by atoms with Gasteiger partial charge in [-0.2, -0.15) is 0 Å². The van der Waals surface area contributed by atoms with Crippen molar-refractivity contribution in [3.05, 3.63) is 83.8 Å². The van der Waals surface area contributed by atoms with Gasteiger partial charge in [-0.15, -0.1) is 0 Å². The largest absolute Gasteiger partial charge is 0.382 e. The molecule has 1 saturated carbocycles. The molecular formula is C33H37F2N7. The van der Waals surface area contributed by atoms with Crippen molar-refractivity contribution >= 4 is 22.4 Å². The van der Waals surface area contributed by atoms with E-state index in [2.05, 4.69) is 38.7 Å². The first-order valence-corrected chi connectivity index (χ1v) is 14.8. The second-order valence-corrected chi connectivity index (χ2v) is 12.2. The van der Waals surface area contributed by atoms with E-state index < -0.39 is 5.92 Å². The molecular weight excluding hydrogens is 532 g/mol. The summed E-state index contributed by atoms with van der Waals surface area (Å²) in [6.45, 7) is 5.44. The minimum absolute atomic E-state index is 0.0269. The Morgan fingerprint density at radius 3 is 2.36 bits per heavy atom. The maximum atomic E-state index is 14.9. The minimum Gasteiger partial charge on any atom is -0.382 e. The second-order valence-electron chi connectivity index (χ2n) is 12.2. The number of piperazine rings is 1. The van der Waals surface area contributed by atoms with Gasteiger partial charge in [-0.25, -0.2) is 18.8 Å². The van der Waals surface area contributed by atoms with Crippen molar-refractivity contribution in [3.63, 3.8) is 0 Å². The molecule has 4 aliphatic rings. The number of pyridine rings is 1. The number of nitrogens with zero attached hydrogens (tertiary/aromatic N) is 6. The summed E-state index contributed by atoms with van der Waals surface area (Å²) >= 11 is 0. The molecule has 9 heteroatoms. The van der Waals surface area contributed by atoms with Gasteiger partial charge < -0.3 is 20.4 Å². The van der Waals surface area contributed by atoms with E-state index in [-0.39, 0.29) is 11.7 Å². The van der Waals surface area contributed by atoms with Crippen LogP contribution in [0.2, 0.25) is 0 Å². The van der Waals surface area contributed by atoms with Gasteiger partial charge in [0.1, 0.15) is 17.7 Å². The lowest BCUT2D eigenvalue weighted by Gasteiger charge is -2.50. The van der Waals surface area contributed by atoms with E-state index in [1.807, 2.05) is 48.7 Å². The maximum absolute atomic E-state index is 14.9. The molecule has 0 radical (unpaired) electrons. The fourth-order valence-corrected chi connectivity index (χ4v) is 7.14. The zero-order chi connectivity index (χ0) is 29.2. The van der Waals surface area contributed by atoms with Gasteiger partial charge in [0.25, 0.3) is 5.92 Å². The number of fused-ring (bicyclic) bond motifs is 2. The van der Waals surface area contributed by atoms with Gasteiger partial charge in [-0.05, 0) is 32.0 Å². The molecule has 0 amide bonds. The van der Waals surface area contributed by atoms with E-state index in [1.54, 1.807) is 12.3 Å². The smallest absolute Gasteiger partial charge is 0.271 e. The SMILES string of the molecule is CN1CCN(C2CC(C3N(C)C(c4ccc5c(C(C)(F)F)cc(-c6ccccc6)nc5c4)=C4C(N)=NC=CN43)C2)CC1. The molecule has 3 aliphatic heterocycles. The number of hydrogen-bond acceptors (Lipinski definition) is 7. The number of hydrogen-bond donors (Lipinski definition) is 1.